The summed E-state index contributed by atoms with van der Waals surface area (Å²) in [7, 11) is 1.80. The Morgan fingerprint density at radius 3 is 2.80 bits per heavy atom. The minimum Gasteiger partial charge on any atom is -0.370 e. The lowest BCUT2D eigenvalue weighted by Crippen LogP contribution is -1.96. The van der Waals surface area contributed by atoms with Gasteiger partial charge in [0.1, 0.15) is 5.02 Å². The second kappa shape index (κ2) is 3.95. The molecule has 4 heteroatoms. The fraction of sp³-hybridized carbons (Fsp3) is 0.182. The van der Waals surface area contributed by atoms with Crippen molar-refractivity contribution < 1.29 is 0 Å². The van der Waals surface area contributed by atoms with Crippen molar-refractivity contribution in [2.45, 2.75) is 6.92 Å². The molecule has 0 bridgehead atoms. The van der Waals surface area contributed by atoms with E-state index in [4.69, 9.17) is 11.6 Å². The predicted octanol–water partition coefficient (Wildman–Crippen LogP) is 2.88. The normalized spacial score (nSPS) is 10.3. The average molecular weight is 222 g/mol. The molecule has 1 aromatic carbocycles. The van der Waals surface area contributed by atoms with Crippen molar-refractivity contribution in [3.8, 4) is 5.69 Å². The SMILES string of the molecule is CNc1nn(-c2cccc(C)c2)cc1Cl. The van der Waals surface area contributed by atoms with E-state index in [1.165, 1.54) is 5.56 Å². The maximum Gasteiger partial charge on any atom is 0.167 e. The number of halogens is 1. The van der Waals surface area contributed by atoms with Crippen LogP contribution in [0.25, 0.3) is 5.69 Å². The smallest absolute Gasteiger partial charge is 0.167 e. The maximum atomic E-state index is 5.99. The third-order valence-corrected chi connectivity index (χ3v) is 2.45. The first-order valence-electron chi connectivity index (χ1n) is 4.70. The lowest BCUT2D eigenvalue weighted by atomic mass is 10.2. The number of anilines is 1. The summed E-state index contributed by atoms with van der Waals surface area (Å²) in [5.41, 5.74) is 2.21. The van der Waals surface area contributed by atoms with E-state index in [2.05, 4.69) is 16.5 Å². The summed E-state index contributed by atoms with van der Waals surface area (Å²) < 4.78 is 1.77. The van der Waals surface area contributed by atoms with Crippen LogP contribution in [0, 0.1) is 6.92 Å². The van der Waals surface area contributed by atoms with Crippen LogP contribution in [0.2, 0.25) is 5.02 Å². The quantitative estimate of drug-likeness (QED) is 0.845. The summed E-state index contributed by atoms with van der Waals surface area (Å²) in [6.45, 7) is 2.05. The summed E-state index contributed by atoms with van der Waals surface area (Å²) in [5.74, 6) is 0.693. The van der Waals surface area contributed by atoms with Gasteiger partial charge in [-0.3, -0.25) is 0 Å². The predicted molar refractivity (Wildman–Crippen MR) is 62.9 cm³/mol. The van der Waals surface area contributed by atoms with Crippen molar-refractivity contribution in [3.05, 3.63) is 41.0 Å². The van der Waals surface area contributed by atoms with Crippen molar-refractivity contribution >= 4 is 17.4 Å². The number of nitrogens with zero attached hydrogens (tertiary/aromatic N) is 2. The highest BCUT2D eigenvalue weighted by atomic mass is 35.5. The minimum absolute atomic E-state index is 0.624. The summed E-state index contributed by atoms with van der Waals surface area (Å²) in [5, 5.41) is 7.87. The van der Waals surface area contributed by atoms with Crippen molar-refractivity contribution in [2.75, 3.05) is 12.4 Å². The third-order valence-electron chi connectivity index (χ3n) is 2.17. The summed E-state index contributed by atoms with van der Waals surface area (Å²) in [4.78, 5) is 0. The molecule has 0 aliphatic rings. The van der Waals surface area contributed by atoms with Gasteiger partial charge in [0.25, 0.3) is 0 Å². The van der Waals surface area contributed by atoms with Crippen LogP contribution >= 0.6 is 11.6 Å². The molecule has 0 radical (unpaired) electrons. The topological polar surface area (TPSA) is 29.9 Å². The van der Waals surface area contributed by atoms with Gasteiger partial charge >= 0.3 is 0 Å². The van der Waals surface area contributed by atoms with Gasteiger partial charge in [-0.25, -0.2) is 4.68 Å². The van der Waals surface area contributed by atoms with Crippen LogP contribution in [-0.2, 0) is 0 Å². The van der Waals surface area contributed by atoms with Crippen molar-refractivity contribution in [3.63, 3.8) is 0 Å². The summed E-state index contributed by atoms with van der Waals surface area (Å²) in [6.07, 6.45) is 1.79. The van der Waals surface area contributed by atoms with Crippen molar-refractivity contribution in [2.24, 2.45) is 0 Å². The zero-order chi connectivity index (χ0) is 10.8. The molecule has 3 nitrogen and oxygen atoms in total. The molecule has 0 fully saturated rings. The monoisotopic (exact) mass is 221 g/mol. The van der Waals surface area contributed by atoms with Gasteiger partial charge in [0.15, 0.2) is 5.82 Å². The van der Waals surface area contributed by atoms with E-state index in [0.717, 1.165) is 5.69 Å². The summed E-state index contributed by atoms with van der Waals surface area (Å²) >= 11 is 5.99. The molecular weight excluding hydrogens is 210 g/mol. The Morgan fingerprint density at radius 1 is 1.40 bits per heavy atom. The fourth-order valence-corrected chi connectivity index (χ4v) is 1.65. The van der Waals surface area contributed by atoms with E-state index in [1.54, 1.807) is 17.9 Å². The Kier molecular flexibility index (Phi) is 2.64. The van der Waals surface area contributed by atoms with E-state index in [1.807, 2.05) is 25.1 Å². The van der Waals surface area contributed by atoms with Crippen LogP contribution in [-0.4, -0.2) is 16.8 Å². The maximum absolute atomic E-state index is 5.99. The van der Waals surface area contributed by atoms with Gasteiger partial charge in [0.2, 0.25) is 0 Å². The van der Waals surface area contributed by atoms with E-state index in [-0.39, 0.29) is 0 Å². The average Bonchev–Trinajstić information content (AvgIpc) is 2.60. The van der Waals surface area contributed by atoms with Gasteiger partial charge in [-0.1, -0.05) is 23.7 Å². The number of aromatic nitrogens is 2. The van der Waals surface area contributed by atoms with Crippen LogP contribution in [0.3, 0.4) is 0 Å². The molecule has 0 aliphatic heterocycles. The highest BCUT2D eigenvalue weighted by Crippen LogP contribution is 2.21. The van der Waals surface area contributed by atoms with E-state index in [9.17, 15) is 0 Å². The summed E-state index contributed by atoms with van der Waals surface area (Å²) in [6, 6.07) is 8.10. The molecule has 0 aliphatic carbocycles. The number of hydrogen-bond acceptors (Lipinski definition) is 2. The number of aryl methyl sites for hydroxylation is 1. The third kappa shape index (κ3) is 1.97. The molecule has 0 saturated heterocycles. The van der Waals surface area contributed by atoms with Gasteiger partial charge in [-0.2, -0.15) is 0 Å². The zero-order valence-electron chi connectivity index (χ0n) is 8.66. The molecule has 1 heterocycles. The molecule has 0 atom stereocenters. The fourth-order valence-electron chi connectivity index (χ4n) is 1.43. The van der Waals surface area contributed by atoms with Gasteiger partial charge in [0.05, 0.1) is 11.9 Å². The molecule has 0 unspecified atom stereocenters. The lowest BCUT2D eigenvalue weighted by Gasteiger charge is -2.01. The minimum atomic E-state index is 0.624. The Balaban J connectivity index is 2.45. The van der Waals surface area contributed by atoms with Crippen molar-refractivity contribution in [1.29, 1.82) is 0 Å². The van der Waals surface area contributed by atoms with Crippen LogP contribution in [0.4, 0.5) is 5.82 Å². The lowest BCUT2D eigenvalue weighted by molar-refractivity contribution is 0.881. The Labute approximate surface area is 93.7 Å². The molecule has 1 N–H and O–H groups in total. The van der Waals surface area contributed by atoms with E-state index < -0.39 is 0 Å². The van der Waals surface area contributed by atoms with Crippen LogP contribution in [0.15, 0.2) is 30.5 Å². The molecule has 15 heavy (non-hydrogen) atoms. The van der Waals surface area contributed by atoms with E-state index in [0.29, 0.717) is 10.8 Å². The largest absolute Gasteiger partial charge is 0.370 e. The standard InChI is InChI=1S/C11H12ClN3/c1-8-4-3-5-9(6-8)15-7-10(12)11(13-2)14-15/h3-7H,1-2H3,(H,13,14). The Morgan fingerprint density at radius 2 is 2.20 bits per heavy atom. The van der Waals surface area contributed by atoms with Gasteiger partial charge in [0, 0.05) is 7.05 Å². The molecular formula is C11H12ClN3. The zero-order valence-corrected chi connectivity index (χ0v) is 9.42. The Bertz CT molecular complexity index is 476. The molecule has 78 valence electrons. The highest BCUT2D eigenvalue weighted by Gasteiger charge is 2.05. The second-order valence-corrected chi connectivity index (χ2v) is 3.77. The number of rotatable bonds is 2. The van der Waals surface area contributed by atoms with Gasteiger partial charge in [-0.15, -0.1) is 5.10 Å². The first-order valence-corrected chi connectivity index (χ1v) is 5.08. The van der Waals surface area contributed by atoms with Gasteiger partial charge in [-0.05, 0) is 24.6 Å². The van der Waals surface area contributed by atoms with Crippen LogP contribution in [0.5, 0.6) is 0 Å². The van der Waals surface area contributed by atoms with Crippen LogP contribution in [0.1, 0.15) is 5.56 Å². The first-order chi connectivity index (χ1) is 7.20. The second-order valence-electron chi connectivity index (χ2n) is 3.36. The molecule has 2 aromatic rings. The molecule has 2 rings (SSSR count). The van der Waals surface area contributed by atoms with Crippen LogP contribution < -0.4 is 5.32 Å². The number of benzene rings is 1. The number of hydrogen-bond donors (Lipinski definition) is 1. The number of nitrogens with one attached hydrogen (secondary N) is 1. The van der Waals surface area contributed by atoms with E-state index >= 15 is 0 Å². The highest BCUT2D eigenvalue weighted by molar-refractivity contribution is 6.32. The molecule has 0 saturated carbocycles. The first kappa shape index (κ1) is 10.1. The van der Waals surface area contributed by atoms with Gasteiger partial charge < -0.3 is 5.32 Å². The van der Waals surface area contributed by atoms with Crippen molar-refractivity contribution in [1.82, 2.24) is 9.78 Å². The Hall–Kier alpha value is -1.48. The molecule has 0 amide bonds. The molecule has 0 spiro atoms. The molecule has 1 aromatic heterocycles.